The fourth-order valence-electron chi connectivity index (χ4n) is 0.874. The number of aliphatic carboxylic acids is 2. The summed E-state index contributed by atoms with van der Waals surface area (Å²) in [4.78, 5) is 31.5. The van der Waals surface area contributed by atoms with E-state index < -0.39 is 35.0 Å². The normalized spacial score (nSPS) is 12.4. The van der Waals surface area contributed by atoms with Crippen LogP contribution in [0.4, 0.5) is 4.79 Å². The van der Waals surface area contributed by atoms with Gasteiger partial charge in [-0.05, 0) is 0 Å². The number of rotatable bonds is 4. The predicted octanol–water partition coefficient (Wildman–Crippen LogP) is -2.31. The van der Waals surface area contributed by atoms with Crippen molar-refractivity contribution in [3.05, 3.63) is 0 Å². The summed E-state index contributed by atoms with van der Waals surface area (Å²) in [6, 6.07) is -1.61. The first-order valence-electron chi connectivity index (χ1n) is 3.69. The van der Waals surface area contributed by atoms with E-state index in [1.807, 2.05) is 0 Å². The second-order valence-electron chi connectivity index (χ2n) is 3.26. The molecule has 0 unspecified atom stereocenters. The topological polar surface area (TPSA) is 115 Å². The zero-order valence-electron chi connectivity index (χ0n) is 7.76. The van der Waals surface area contributed by atoms with Crippen LogP contribution >= 0.6 is 0 Å². The van der Waals surface area contributed by atoms with Gasteiger partial charge in [0.15, 0.2) is 0 Å². The number of amides is 1. The van der Waals surface area contributed by atoms with Crippen molar-refractivity contribution in [1.82, 2.24) is 0 Å². The molecule has 82 valence electrons. The van der Waals surface area contributed by atoms with Crippen LogP contribution in [0.25, 0.3) is 0 Å². The Morgan fingerprint density at radius 3 is 1.87 bits per heavy atom. The van der Waals surface area contributed by atoms with Gasteiger partial charge in [-0.3, -0.25) is 4.79 Å². The Hall–Kier alpha value is -0.630. The van der Waals surface area contributed by atoms with E-state index in [1.54, 1.807) is 0 Å². The van der Waals surface area contributed by atoms with Gasteiger partial charge in [0.05, 0.1) is 14.1 Å². The van der Waals surface area contributed by atoms with Crippen LogP contribution in [0.1, 0.15) is 6.42 Å². The average Bonchev–Trinajstić information content (AvgIpc) is 1.98. The SMILES string of the molecule is C[N+](C)(C(=O)O)[C@@H](CC(=O)O)C(=O)[O-].[NaH]. The Kier molecular flexibility index (Phi) is 6.78. The third-order valence-electron chi connectivity index (χ3n) is 1.91. The number of nitrogens with zero attached hydrogens (tertiary/aromatic N) is 1. The minimum atomic E-state index is -1.69. The summed E-state index contributed by atoms with van der Waals surface area (Å²) in [6.45, 7) is 0. The fourth-order valence-corrected chi connectivity index (χ4v) is 0.874. The van der Waals surface area contributed by atoms with E-state index in [0.717, 1.165) is 14.1 Å². The molecule has 1 amide bonds. The zero-order chi connectivity index (χ0) is 11.5. The van der Waals surface area contributed by atoms with Gasteiger partial charge in [0.25, 0.3) is 0 Å². The quantitative estimate of drug-likeness (QED) is 0.413. The van der Waals surface area contributed by atoms with Crippen molar-refractivity contribution in [1.29, 1.82) is 0 Å². The van der Waals surface area contributed by atoms with Crippen molar-refractivity contribution >= 4 is 47.6 Å². The third-order valence-corrected chi connectivity index (χ3v) is 1.91. The Labute approximate surface area is 108 Å². The summed E-state index contributed by atoms with van der Waals surface area (Å²) < 4.78 is -0.978. The third kappa shape index (κ3) is 4.61. The number of hydrogen-bond donors (Lipinski definition) is 2. The van der Waals surface area contributed by atoms with Gasteiger partial charge < -0.3 is 20.1 Å². The van der Waals surface area contributed by atoms with Crippen LogP contribution in [-0.4, -0.2) is 82.4 Å². The Balaban J connectivity index is 0. The second kappa shape index (κ2) is 6.06. The van der Waals surface area contributed by atoms with Crippen molar-refractivity contribution in [3.63, 3.8) is 0 Å². The molecular formula is C7H12NNaO6. The number of hydrogen-bond acceptors (Lipinski definition) is 4. The summed E-state index contributed by atoms with van der Waals surface area (Å²) in [7, 11) is 2.18. The van der Waals surface area contributed by atoms with Gasteiger partial charge in [0.1, 0.15) is 18.4 Å². The molecule has 2 N–H and O–H groups in total. The molecule has 0 bridgehead atoms. The average molecular weight is 229 g/mol. The summed E-state index contributed by atoms with van der Waals surface area (Å²) in [5, 5.41) is 27.6. The van der Waals surface area contributed by atoms with Gasteiger partial charge in [0, 0.05) is 0 Å². The first-order chi connectivity index (χ1) is 6.19. The molecule has 15 heavy (non-hydrogen) atoms. The minimum absolute atomic E-state index is 0. The second-order valence-corrected chi connectivity index (χ2v) is 3.26. The number of carbonyl (C=O) groups is 3. The van der Waals surface area contributed by atoms with E-state index in [0.29, 0.717) is 0 Å². The number of carboxylic acids is 2. The molecule has 7 nitrogen and oxygen atoms in total. The van der Waals surface area contributed by atoms with E-state index in [2.05, 4.69) is 0 Å². The van der Waals surface area contributed by atoms with Gasteiger partial charge in [0.2, 0.25) is 0 Å². The van der Waals surface area contributed by atoms with E-state index in [-0.39, 0.29) is 29.6 Å². The molecular weight excluding hydrogens is 217 g/mol. The standard InChI is InChI=1S/C7H11NO6.Na.H/c1-8(2,7(13)14)4(6(11)12)3-5(9)10;;/h4H,3H2,1-2H3,(H2-,9,10,11,12,13,14);;/t4-;;/m0../s1. The van der Waals surface area contributed by atoms with Crippen LogP contribution in [0, 0.1) is 0 Å². The molecule has 0 aliphatic rings. The fraction of sp³-hybridized carbons (Fsp3) is 0.571. The van der Waals surface area contributed by atoms with Crippen LogP contribution in [0.15, 0.2) is 0 Å². The Morgan fingerprint density at radius 1 is 1.27 bits per heavy atom. The summed E-state index contributed by atoms with van der Waals surface area (Å²) in [5.74, 6) is -3.08. The van der Waals surface area contributed by atoms with Crippen molar-refractivity contribution in [2.45, 2.75) is 12.5 Å². The predicted molar refractivity (Wildman–Crippen MR) is 48.3 cm³/mol. The van der Waals surface area contributed by atoms with E-state index in [9.17, 15) is 19.5 Å². The van der Waals surface area contributed by atoms with Gasteiger partial charge in [-0.15, -0.1) is 0 Å². The van der Waals surface area contributed by atoms with E-state index >= 15 is 0 Å². The number of carbonyl (C=O) groups excluding carboxylic acids is 1. The van der Waals surface area contributed by atoms with Crippen LogP contribution in [0.3, 0.4) is 0 Å². The molecule has 0 aliphatic heterocycles. The monoisotopic (exact) mass is 229 g/mol. The molecule has 0 heterocycles. The molecule has 1 atom stereocenters. The van der Waals surface area contributed by atoms with Crippen molar-refractivity contribution in [2.75, 3.05) is 14.1 Å². The molecule has 0 radical (unpaired) electrons. The molecule has 0 spiro atoms. The molecule has 0 fully saturated rings. The van der Waals surface area contributed by atoms with Gasteiger partial charge in [-0.25, -0.2) is 4.48 Å². The maximum atomic E-state index is 10.6. The van der Waals surface area contributed by atoms with Crippen molar-refractivity contribution in [2.24, 2.45) is 0 Å². The van der Waals surface area contributed by atoms with Crippen LogP contribution in [0.2, 0.25) is 0 Å². The van der Waals surface area contributed by atoms with Crippen LogP contribution in [0.5, 0.6) is 0 Å². The van der Waals surface area contributed by atoms with E-state index in [1.165, 1.54) is 0 Å². The number of carboxylic acid groups (broad SMARTS) is 3. The summed E-state index contributed by atoms with van der Waals surface area (Å²) >= 11 is 0. The Bertz CT molecular complexity index is 277. The number of quaternary nitrogens is 1. The molecule has 0 aromatic carbocycles. The summed E-state index contributed by atoms with van der Waals surface area (Å²) in [6.07, 6.45) is -2.22. The number of likely N-dealkylation sites (N-methyl/N-ethyl adjacent to an activating group) is 1. The molecule has 8 heteroatoms. The maximum absolute atomic E-state index is 10.6. The molecule has 0 saturated heterocycles. The zero-order valence-corrected chi connectivity index (χ0v) is 7.76. The first-order valence-corrected chi connectivity index (χ1v) is 3.69. The van der Waals surface area contributed by atoms with Gasteiger partial charge >= 0.3 is 41.6 Å². The first kappa shape index (κ1) is 16.8. The molecule has 0 aromatic heterocycles. The molecule has 0 aliphatic carbocycles. The van der Waals surface area contributed by atoms with Crippen LogP contribution in [-0.2, 0) is 9.59 Å². The van der Waals surface area contributed by atoms with Crippen LogP contribution < -0.4 is 5.11 Å². The van der Waals surface area contributed by atoms with E-state index in [4.69, 9.17) is 10.2 Å². The van der Waals surface area contributed by atoms with Gasteiger partial charge in [-0.2, -0.15) is 4.79 Å². The molecule has 0 aromatic rings. The Morgan fingerprint density at radius 2 is 1.67 bits per heavy atom. The van der Waals surface area contributed by atoms with Crippen molar-refractivity contribution in [3.8, 4) is 0 Å². The summed E-state index contributed by atoms with van der Waals surface area (Å²) in [5.41, 5.74) is 0. The van der Waals surface area contributed by atoms with Gasteiger partial charge in [-0.1, -0.05) is 0 Å². The molecule has 0 rings (SSSR count). The van der Waals surface area contributed by atoms with Crippen molar-refractivity contribution < 1.29 is 34.2 Å². The molecule has 0 saturated carbocycles.